The van der Waals surface area contributed by atoms with Gasteiger partial charge in [0, 0.05) is 13.6 Å². The minimum atomic E-state index is -0.499. The number of benzene rings is 2. The Bertz CT molecular complexity index is 595. The Morgan fingerprint density at radius 3 is 2.38 bits per heavy atom. The van der Waals surface area contributed by atoms with Gasteiger partial charge in [-0.1, -0.05) is 54.6 Å². The van der Waals surface area contributed by atoms with Crippen molar-refractivity contribution in [1.82, 2.24) is 4.90 Å². The molecule has 0 fully saturated rings. The van der Waals surface area contributed by atoms with Crippen LogP contribution in [0.5, 0.6) is 0 Å². The molecule has 0 heterocycles. The largest absolute Gasteiger partial charge is 0.340 e. The number of carbonyl (C=O) groups is 1. The maximum absolute atomic E-state index is 12.4. The van der Waals surface area contributed by atoms with Crippen molar-refractivity contribution in [3.8, 4) is 0 Å². The Labute approximate surface area is 126 Å². The minimum absolute atomic E-state index is 0.0258. The smallest absolute Gasteiger partial charge is 0.239 e. The molecule has 2 aromatic carbocycles. The summed E-state index contributed by atoms with van der Waals surface area (Å²) in [6.07, 6.45) is 0.567. The fraction of sp³-hybridized carbons (Fsp3) is 0.278. The van der Waals surface area contributed by atoms with E-state index in [1.165, 1.54) is 5.56 Å². The van der Waals surface area contributed by atoms with E-state index in [1.54, 1.807) is 11.9 Å². The van der Waals surface area contributed by atoms with Gasteiger partial charge in [-0.15, -0.1) is 0 Å². The predicted octanol–water partition coefficient (Wildman–Crippen LogP) is 2.52. The molecule has 0 aromatic heterocycles. The van der Waals surface area contributed by atoms with Crippen LogP contribution in [0, 0.1) is 6.92 Å². The summed E-state index contributed by atoms with van der Waals surface area (Å²) in [5, 5.41) is 0. The fourth-order valence-electron chi connectivity index (χ4n) is 2.36. The molecule has 0 aliphatic carbocycles. The number of hydrogen-bond donors (Lipinski definition) is 1. The quantitative estimate of drug-likeness (QED) is 0.916. The summed E-state index contributed by atoms with van der Waals surface area (Å²) in [5.74, 6) is -0.0258. The van der Waals surface area contributed by atoms with Crippen LogP contribution in [0.4, 0.5) is 0 Å². The van der Waals surface area contributed by atoms with Crippen LogP contribution in [0.15, 0.2) is 54.6 Å². The number of nitrogens with two attached hydrogens (primary N) is 1. The normalized spacial score (nSPS) is 12.0. The first-order valence-corrected chi connectivity index (χ1v) is 7.17. The monoisotopic (exact) mass is 282 g/mol. The van der Waals surface area contributed by atoms with E-state index < -0.39 is 6.04 Å². The zero-order valence-corrected chi connectivity index (χ0v) is 12.6. The predicted molar refractivity (Wildman–Crippen MR) is 85.8 cm³/mol. The van der Waals surface area contributed by atoms with E-state index in [2.05, 4.69) is 13.0 Å². The van der Waals surface area contributed by atoms with Crippen molar-refractivity contribution < 1.29 is 4.79 Å². The van der Waals surface area contributed by atoms with Crippen molar-refractivity contribution in [1.29, 1.82) is 0 Å². The average molecular weight is 282 g/mol. The molecule has 1 atom stereocenters. The molecular formula is C18H22N2O. The number of likely N-dealkylation sites (N-methyl/N-ethyl adjacent to an activating group) is 1. The van der Waals surface area contributed by atoms with E-state index >= 15 is 0 Å². The summed E-state index contributed by atoms with van der Waals surface area (Å²) in [4.78, 5) is 14.1. The summed E-state index contributed by atoms with van der Waals surface area (Å²) in [5.41, 5.74) is 9.48. The second-order valence-electron chi connectivity index (χ2n) is 5.42. The highest BCUT2D eigenvalue weighted by Crippen LogP contribution is 2.11. The summed E-state index contributed by atoms with van der Waals surface area (Å²) in [7, 11) is 1.81. The van der Waals surface area contributed by atoms with Gasteiger partial charge >= 0.3 is 0 Å². The molecule has 21 heavy (non-hydrogen) atoms. The highest BCUT2D eigenvalue weighted by atomic mass is 16.2. The highest BCUT2D eigenvalue weighted by molar-refractivity contribution is 5.81. The molecule has 0 aliphatic rings. The summed E-state index contributed by atoms with van der Waals surface area (Å²) in [6, 6.07) is 17.5. The first-order valence-electron chi connectivity index (χ1n) is 7.17. The van der Waals surface area contributed by atoms with Crippen LogP contribution in [0.2, 0.25) is 0 Å². The van der Waals surface area contributed by atoms with E-state index in [4.69, 9.17) is 5.73 Å². The Morgan fingerprint density at radius 2 is 1.71 bits per heavy atom. The third kappa shape index (κ3) is 4.17. The number of nitrogens with zero attached hydrogens (tertiary/aromatic N) is 1. The van der Waals surface area contributed by atoms with Gasteiger partial charge in [0.15, 0.2) is 0 Å². The van der Waals surface area contributed by atoms with Gasteiger partial charge in [0.25, 0.3) is 0 Å². The Kier molecular flexibility index (Phi) is 5.12. The van der Waals surface area contributed by atoms with Crippen LogP contribution in [0.1, 0.15) is 16.7 Å². The van der Waals surface area contributed by atoms with Crippen LogP contribution in [-0.4, -0.2) is 23.9 Å². The van der Waals surface area contributed by atoms with Gasteiger partial charge in [0.1, 0.15) is 0 Å². The first kappa shape index (κ1) is 15.3. The standard InChI is InChI=1S/C18H22N2O/c1-14-8-6-7-11-16(14)13-20(2)18(21)17(19)12-15-9-4-3-5-10-15/h3-11,17H,12-13,19H2,1-2H3. The summed E-state index contributed by atoms with van der Waals surface area (Å²) in [6.45, 7) is 2.64. The van der Waals surface area contributed by atoms with Gasteiger partial charge < -0.3 is 10.6 Å². The molecule has 3 nitrogen and oxygen atoms in total. The second kappa shape index (κ2) is 7.04. The van der Waals surface area contributed by atoms with Gasteiger partial charge in [0.05, 0.1) is 6.04 Å². The van der Waals surface area contributed by atoms with Crippen molar-refractivity contribution in [2.75, 3.05) is 7.05 Å². The van der Waals surface area contributed by atoms with E-state index in [-0.39, 0.29) is 5.91 Å². The molecule has 2 N–H and O–H groups in total. The summed E-state index contributed by atoms with van der Waals surface area (Å²) >= 11 is 0. The Balaban J connectivity index is 1.97. The minimum Gasteiger partial charge on any atom is -0.340 e. The lowest BCUT2D eigenvalue weighted by Crippen LogP contribution is -2.42. The maximum atomic E-state index is 12.4. The average Bonchev–Trinajstić information content (AvgIpc) is 2.49. The molecule has 2 rings (SSSR count). The SMILES string of the molecule is Cc1ccccc1CN(C)C(=O)C(N)Cc1ccccc1. The lowest BCUT2D eigenvalue weighted by molar-refractivity contribution is -0.131. The van der Waals surface area contributed by atoms with Crippen molar-refractivity contribution >= 4 is 5.91 Å². The number of hydrogen-bond acceptors (Lipinski definition) is 2. The molecule has 2 aromatic rings. The molecule has 1 unspecified atom stereocenters. The maximum Gasteiger partial charge on any atom is 0.239 e. The molecule has 0 bridgehead atoms. The molecule has 0 spiro atoms. The summed E-state index contributed by atoms with van der Waals surface area (Å²) < 4.78 is 0. The molecule has 0 radical (unpaired) electrons. The van der Waals surface area contributed by atoms with Crippen LogP contribution in [-0.2, 0) is 17.8 Å². The van der Waals surface area contributed by atoms with Crippen molar-refractivity contribution in [3.05, 3.63) is 71.3 Å². The molecular weight excluding hydrogens is 260 g/mol. The molecule has 1 amide bonds. The van der Waals surface area contributed by atoms with Crippen LogP contribution >= 0.6 is 0 Å². The first-order chi connectivity index (χ1) is 10.1. The molecule has 0 saturated carbocycles. The highest BCUT2D eigenvalue weighted by Gasteiger charge is 2.18. The van der Waals surface area contributed by atoms with E-state index in [0.717, 1.165) is 11.1 Å². The Hall–Kier alpha value is -2.13. The number of rotatable bonds is 5. The van der Waals surface area contributed by atoms with Crippen molar-refractivity contribution in [2.24, 2.45) is 5.73 Å². The molecule has 3 heteroatoms. The van der Waals surface area contributed by atoms with Crippen LogP contribution in [0.25, 0.3) is 0 Å². The fourth-order valence-corrected chi connectivity index (χ4v) is 2.36. The van der Waals surface area contributed by atoms with E-state index in [9.17, 15) is 4.79 Å². The van der Waals surface area contributed by atoms with Crippen LogP contribution in [0.3, 0.4) is 0 Å². The van der Waals surface area contributed by atoms with Crippen LogP contribution < -0.4 is 5.73 Å². The third-order valence-corrected chi connectivity index (χ3v) is 3.66. The lowest BCUT2D eigenvalue weighted by Gasteiger charge is -2.22. The lowest BCUT2D eigenvalue weighted by atomic mass is 10.0. The van der Waals surface area contributed by atoms with Crippen molar-refractivity contribution in [2.45, 2.75) is 25.9 Å². The molecule has 0 aliphatic heterocycles. The van der Waals surface area contributed by atoms with Crippen molar-refractivity contribution in [3.63, 3.8) is 0 Å². The Morgan fingerprint density at radius 1 is 1.10 bits per heavy atom. The number of amides is 1. The number of aryl methyl sites for hydroxylation is 1. The van der Waals surface area contributed by atoms with Gasteiger partial charge in [-0.05, 0) is 30.0 Å². The van der Waals surface area contributed by atoms with Gasteiger partial charge in [-0.3, -0.25) is 4.79 Å². The number of carbonyl (C=O) groups excluding carboxylic acids is 1. The molecule has 110 valence electrons. The van der Waals surface area contributed by atoms with Gasteiger partial charge in [0.2, 0.25) is 5.91 Å². The van der Waals surface area contributed by atoms with E-state index in [0.29, 0.717) is 13.0 Å². The third-order valence-electron chi connectivity index (χ3n) is 3.66. The van der Waals surface area contributed by atoms with E-state index in [1.807, 2.05) is 48.5 Å². The molecule has 0 saturated heterocycles. The topological polar surface area (TPSA) is 46.3 Å². The van der Waals surface area contributed by atoms with Gasteiger partial charge in [-0.25, -0.2) is 0 Å². The zero-order valence-electron chi connectivity index (χ0n) is 12.6. The second-order valence-corrected chi connectivity index (χ2v) is 5.42. The van der Waals surface area contributed by atoms with Gasteiger partial charge in [-0.2, -0.15) is 0 Å². The zero-order chi connectivity index (χ0) is 15.2.